The van der Waals surface area contributed by atoms with Gasteiger partial charge in [-0.1, -0.05) is 6.08 Å². The summed E-state index contributed by atoms with van der Waals surface area (Å²) in [6, 6.07) is 0. The van der Waals surface area contributed by atoms with Gasteiger partial charge in [0.25, 0.3) is 0 Å². The van der Waals surface area contributed by atoms with Crippen molar-refractivity contribution in [2.75, 3.05) is 59.9 Å². The Kier molecular flexibility index (Phi) is 12.2. The number of piperazine rings is 1. The fraction of sp³-hybridized carbons (Fsp3) is 0.786. The van der Waals surface area contributed by atoms with Crippen molar-refractivity contribution in [1.29, 1.82) is 0 Å². The van der Waals surface area contributed by atoms with E-state index in [0.29, 0.717) is 0 Å². The van der Waals surface area contributed by atoms with Crippen LogP contribution >= 0.6 is 24.0 Å². The minimum absolute atomic E-state index is 0. The van der Waals surface area contributed by atoms with Crippen LogP contribution in [0, 0.1) is 0 Å². The summed E-state index contributed by atoms with van der Waals surface area (Å²) < 4.78 is 0. The zero-order chi connectivity index (χ0) is 13.9. The maximum atomic E-state index is 4.15. The second-order valence-corrected chi connectivity index (χ2v) is 5.02. The molecule has 0 aromatic heterocycles. The number of hydrogen-bond acceptors (Lipinski definition) is 3. The van der Waals surface area contributed by atoms with Crippen LogP contribution in [0.25, 0.3) is 0 Å². The Bertz CT molecular complexity index is 275. The summed E-state index contributed by atoms with van der Waals surface area (Å²) in [5, 5.41) is 6.48. The Hall–Kier alpha value is -0.340. The van der Waals surface area contributed by atoms with Crippen molar-refractivity contribution in [2.24, 2.45) is 4.99 Å². The fourth-order valence-electron chi connectivity index (χ4n) is 2.13. The van der Waals surface area contributed by atoms with Gasteiger partial charge >= 0.3 is 0 Å². The van der Waals surface area contributed by atoms with Crippen LogP contribution in [0.5, 0.6) is 0 Å². The molecule has 0 radical (unpaired) electrons. The molecule has 1 aliphatic heterocycles. The summed E-state index contributed by atoms with van der Waals surface area (Å²) in [5.41, 5.74) is 0. The lowest BCUT2D eigenvalue weighted by molar-refractivity contribution is 0.152. The Balaban J connectivity index is 0.00000361. The zero-order valence-electron chi connectivity index (χ0n) is 12.9. The average molecular weight is 395 g/mol. The third kappa shape index (κ3) is 8.76. The molecule has 1 heterocycles. The maximum absolute atomic E-state index is 4.15. The van der Waals surface area contributed by atoms with E-state index in [1.54, 1.807) is 7.05 Å². The standard InChI is InChI=1S/C14H29N5.HI/c1-4-7-16-14(15-2)17-8-5-6-9-19-12-10-18(3)11-13-19;/h4H,1,5-13H2,2-3H3,(H2,15,16,17);1H. The lowest BCUT2D eigenvalue weighted by Crippen LogP contribution is -2.44. The molecule has 0 atom stereocenters. The SMILES string of the molecule is C=CCNC(=NC)NCCCCN1CCN(C)CC1.I. The number of guanidine groups is 1. The number of unbranched alkanes of at least 4 members (excludes halogenated alkanes) is 1. The topological polar surface area (TPSA) is 42.9 Å². The summed E-state index contributed by atoms with van der Waals surface area (Å²) in [4.78, 5) is 9.11. The van der Waals surface area contributed by atoms with Crippen LogP contribution in [0.2, 0.25) is 0 Å². The second-order valence-electron chi connectivity index (χ2n) is 5.02. The largest absolute Gasteiger partial charge is 0.356 e. The number of nitrogens with one attached hydrogen (secondary N) is 2. The van der Waals surface area contributed by atoms with Crippen LogP contribution < -0.4 is 10.6 Å². The molecule has 6 heteroatoms. The maximum Gasteiger partial charge on any atom is 0.191 e. The summed E-state index contributed by atoms with van der Waals surface area (Å²) in [5.74, 6) is 0.861. The van der Waals surface area contributed by atoms with Crippen LogP contribution in [-0.2, 0) is 0 Å². The molecule has 1 saturated heterocycles. The van der Waals surface area contributed by atoms with Gasteiger partial charge in [0.1, 0.15) is 0 Å². The van der Waals surface area contributed by atoms with Crippen LogP contribution in [0.1, 0.15) is 12.8 Å². The molecule has 20 heavy (non-hydrogen) atoms. The summed E-state index contributed by atoms with van der Waals surface area (Å²) in [6.07, 6.45) is 4.26. The molecule has 0 spiro atoms. The van der Waals surface area contributed by atoms with Crippen LogP contribution in [0.15, 0.2) is 17.6 Å². The van der Waals surface area contributed by atoms with Crippen molar-refractivity contribution in [3.63, 3.8) is 0 Å². The van der Waals surface area contributed by atoms with E-state index in [0.717, 1.165) is 19.0 Å². The fourth-order valence-corrected chi connectivity index (χ4v) is 2.13. The quantitative estimate of drug-likeness (QED) is 0.222. The summed E-state index contributed by atoms with van der Waals surface area (Å²) in [6.45, 7) is 11.5. The number of rotatable bonds is 7. The average Bonchev–Trinajstić information content (AvgIpc) is 2.44. The smallest absolute Gasteiger partial charge is 0.191 e. The number of halogens is 1. The van der Waals surface area contributed by atoms with Gasteiger partial charge in [-0.05, 0) is 26.4 Å². The molecule has 0 aromatic rings. The molecular weight excluding hydrogens is 365 g/mol. The van der Waals surface area contributed by atoms with E-state index in [1.807, 2.05) is 6.08 Å². The molecule has 0 aliphatic carbocycles. The van der Waals surface area contributed by atoms with Crippen molar-refractivity contribution >= 4 is 29.9 Å². The number of likely N-dealkylation sites (N-methyl/N-ethyl adjacent to an activating group) is 1. The minimum Gasteiger partial charge on any atom is -0.356 e. The predicted molar refractivity (Wildman–Crippen MR) is 98.1 cm³/mol. The van der Waals surface area contributed by atoms with E-state index in [-0.39, 0.29) is 24.0 Å². The van der Waals surface area contributed by atoms with E-state index < -0.39 is 0 Å². The molecule has 0 unspecified atom stereocenters. The van der Waals surface area contributed by atoms with Crippen molar-refractivity contribution in [1.82, 2.24) is 20.4 Å². The monoisotopic (exact) mass is 395 g/mol. The number of nitrogens with zero attached hydrogens (tertiary/aromatic N) is 3. The van der Waals surface area contributed by atoms with Crippen LogP contribution in [-0.4, -0.2) is 75.7 Å². The van der Waals surface area contributed by atoms with Gasteiger partial charge in [0.15, 0.2) is 5.96 Å². The third-order valence-electron chi connectivity index (χ3n) is 3.43. The Labute approximate surface area is 140 Å². The van der Waals surface area contributed by atoms with E-state index in [4.69, 9.17) is 0 Å². The van der Waals surface area contributed by atoms with E-state index >= 15 is 0 Å². The zero-order valence-corrected chi connectivity index (χ0v) is 15.2. The highest BCUT2D eigenvalue weighted by Gasteiger charge is 2.12. The van der Waals surface area contributed by atoms with Gasteiger partial charge in [-0.2, -0.15) is 0 Å². The van der Waals surface area contributed by atoms with Gasteiger partial charge in [-0.25, -0.2) is 0 Å². The minimum atomic E-state index is 0. The second kappa shape index (κ2) is 12.4. The molecule has 0 bridgehead atoms. The van der Waals surface area contributed by atoms with Crippen LogP contribution in [0.4, 0.5) is 0 Å². The first-order chi connectivity index (χ1) is 9.26. The summed E-state index contributed by atoms with van der Waals surface area (Å²) >= 11 is 0. The summed E-state index contributed by atoms with van der Waals surface area (Å²) in [7, 11) is 3.99. The molecule has 1 aliphatic rings. The van der Waals surface area contributed by atoms with Gasteiger partial charge in [0.05, 0.1) is 0 Å². The Morgan fingerprint density at radius 2 is 1.90 bits per heavy atom. The van der Waals surface area contributed by atoms with Crippen molar-refractivity contribution in [3.8, 4) is 0 Å². The molecule has 2 N–H and O–H groups in total. The molecule has 5 nitrogen and oxygen atoms in total. The molecule has 118 valence electrons. The van der Waals surface area contributed by atoms with E-state index in [2.05, 4.69) is 39.1 Å². The van der Waals surface area contributed by atoms with Gasteiger partial charge in [0, 0.05) is 46.3 Å². The highest BCUT2D eigenvalue weighted by atomic mass is 127. The lowest BCUT2D eigenvalue weighted by atomic mass is 10.2. The van der Waals surface area contributed by atoms with E-state index in [1.165, 1.54) is 45.6 Å². The molecule has 0 aromatic carbocycles. The molecular formula is C14H30IN5. The Morgan fingerprint density at radius 3 is 2.50 bits per heavy atom. The molecule has 1 fully saturated rings. The number of hydrogen-bond donors (Lipinski definition) is 2. The van der Waals surface area contributed by atoms with E-state index in [9.17, 15) is 0 Å². The molecule has 0 amide bonds. The van der Waals surface area contributed by atoms with Crippen LogP contribution in [0.3, 0.4) is 0 Å². The highest BCUT2D eigenvalue weighted by molar-refractivity contribution is 14.0. The van der Waals surface area contributed by atoms with Gasteiger partial charge < -0.3 is 20.4 Å². The first-order valence-electron chi connectivity index (χ1n) is 7.22. The first-order valence-corrected chi connectivity index (χ1v) is 7.22. The highest BCUT2D eigenvalue weighted by Crippen LogP contribution is 2.01. The normalized spacial score (nSPS) is 17.4. The van der Waals surface area contributed by atoms with Crippen molar-refractivity contribution < 1.29 is 0 Å². The van der Waals surface area contributed by atoms with Crippen molar-refractivity contribution in [3.05, 3.63) is 12.7 Å². The van der Waals surface area contributed by atoms with Crippen molar-refractivity contribution in [2.45, 2.75) is 12.8 Å². The van der Waals surface area contributed by atoms with Gasteiger partial charge in [-0.3, -0.25) is 4.99 Å². The molecule has 0 saturated carbocycles. The lowest BCUT2D eigenvalue weighted by Gasteiger charge is -2.32. The molecule has 1 rings (SSSR count). The number of aliphatic imine (C=N–C) groups is 1. The van der Waals surface area contributed by atoms with Gasteiger partial charge in [-0.15, -0.1) is 30.6 Å². The first kappa shape index (κ1) is 19.7. The van der Waals surface area contributed by atoms with Gasteiger partial charge in [0.2, 0.25) is 0 Å². The predicted octanol–water partition coefficient (Wildman–Crippen LogP) is 0.983. The third-order valence-corrected chi connectivity index (χ3v) is 3.43. The Morgan fingerprint density at radius 1 is 1.20 bits per heavy atom.